The number of nitrogens with zero attached hydrogens (tertiary/aromatic N) is 2. The lowest BCUT2D eigenvalue weighted by molar-refractivity contribution is 0.421. The summed E-state index contributed by atoms with van der Waals surface area (Å²) >= 11 is 8.55. The fraction of sp³-hybridized carbons (Fsp3) is 0.786. The summed E-state index contributed by atoms with van der Waals surface area (Å²) in [5.41, 5.74) is 2.28. The number of rotatable bonds is 6. The van der Waals surface area contributed by atoms with E-state index in [1.165, 1.54) is 17.2 Å². The summed E-state index contributed by atoms with van der Waals surface area (Å²) in [4.78, 5) is 0. The van der Waals surface area contributed by atoms with Crippen molar-refractivity contribution in [3.63, 3.8) is 0 Å². The van der Waals surface area contributed by atoms with E-state index >= 15 is 0 Å². The van der Waals surface area contributed by atoms with Crippen LogP contribution in [0.25, 0.3) is 0 Å². The zero-order valence-electron chi connectivity index (χ0n) is 12.1. The van der Waals surface area contributed by atoms with Gasteiger partial charge in [-0.1, -0.05) is 25.4 Å². The van der Waals surface area contributed by atoms with Gasteiger partial charge in [-0.25, -0.2) is 0 Å². The monoisotopic (exact) mass is 301 g/mol. The molecule has 5 heteroatoms. The normalized spacial score (nSPS) is 23.2. The van der Waals surface area contributed by atoms with Crippen LogP contribution in [-0.4, -0.2) is 33.9 Å². The van der Waals surface area contributed by atoms with Gasteiger partial charge in [0.1, 0.15) is 0 Å². The van der Waals surface area contributed by atoms with Crippen LogP contribution in [0.4, 0.5) is 0 Å². The largest absolute Gasteiger partial charge is 0.313 e. The average Bonchev–Trinajstić information content (AvgIpc) is 2.97. The number of aromatic nitrogens is 2. The van der Waals surface area contributed by atoms with Crippen LogP contribution in [0.2, 0.25) is 5.02 Å². The fourth-order valence-corrected chi connectivity index (χ4v) is 4.53. The standard InChI is InChI=1S/C14H24ClN3S/c1-4-11-14(15)13(18(6-3)17-11)7-10-8-19-9-12(10)16-5-2/h10,12,16H,4-9H2,1-3H3. The maximum absolute atomic E-state index is 6.50. The molecule has 2 unspecified atom stereocenters. The Kier molecular flexibility index (Phi) is 5.60. The average molecular weight is 302 g/mol. The minimum Gasteiger partial charge on any atom is -0.313 e. The molecule has 1 aromatic rings. The van der Waals surface area contributed by atoms with Crippen molar-refractivity contribution in [3.05, 3.63) is 16.4 Å². The van der Waals surface area contributed by atoms with Crippen molar-refractivity contribution in [2.24, 2.45) is 5.92 Å². The molecule has 1 aliphatic rings. The van der Waals surface area contributed by atoms with Crippen LogP contribution in [0.1, 0.15) is 32.2 Å². The van der Waals surface area contributed by atoms with E-state index in [9.17, 15) is 0 Å². The van der Waals surface area contributed by atoms with Gasteiger partial charge in [0.25, 0.3) is 0 Å². The molecule has 3 nitrogen and oxygen atoms in total. The number of hydrogen-bond acceptors (Lipinski definition) is 3. The molecule has 0 aromatic carbocycles. The molecular weight excluding hydrogens is 278 g/mol. The Bertz CT molecular complexity index is 419. The SMILES string of the molecule is CCNC1CSCC1Cc1c(Cl)c(CC)nn1CC. The molecule has 1 saturated heterocycles. The summed E-state index contributed by atoms with van der Waals surface area (Å²) in [6.45, 7) is 8.38. The summed E-state index contributed by atoms with van der Waals surface area (Å²) in [5.74, 6) is 3.12. The predicted octanol–water partition coefficient (Wildman–Crippen LogP) is 3.00. The zero-order valence-corrected chi connectivity index (χ0v) is 13.7. The smallest absolute Gasteiger partial charge is 0.0849 e. The van der Waals surface area contributed by atoms with Crippen LogP contribution in [-0.2, 0) is 19.4 Å². The summed E-state index contributed by atoms with van der Waals surface area (Å²) in [5, 5.41) is 9.12. The third-order valence-corrected chi connectivity index (χ3v) is 5.51. The van der Waals surface area contributed by atoms with E-state index in [1.807, 2.05) is 11.8 Å². The van der Waals surface area contributed by atoms with Crippen LogP contribution >= 0.6 is 23.4 Å². The molecule has 1 fully saturated rings. The summed E-state index contributed by atoms with van der Waals surface area (Å²) < 4.78 is 2.09. The Morgan fingerprint density at radius 3 is 2.79 bits per heavy atom. The van der Waals surface area contributed by atoms with Gasteiger partial charge in [-0.2, -0.15) is 16.9 Å². The maximum atomic E-state index is 6.50. The number of hydrogen-bond donors (Lipinski definition) is 1. The topological polar surface area (TPSA) is 29.9 Å². The quantitative estimate of drug-likeness (QED) is 0.876. The molecule has 1 aliphatic heterocycles. The van der Waals surface area contributed by atoms with Crippen LogP contribution < -0.4 is 5.32 Å². The molecular formula is C14H24ClN3S. The van der Waals surface area contributed by atoms with Gasteiger partial charge < -0.3 is 5.32 Å². The first kappa shape index (κ1) is 15.2. The number of nitrogens with one attached hydrogen (secondary N) is 1. The van der Waals surface area contributed by atoms with Gasteiger partial charge in [0, 0.05) is 18.3 Å². The van der Waals surface area contributed by atoms with E-state index in [-0.39, 0.29) is 0 Å². The fourth-order valence-electron chi connectivity index (χ4n) is 2.75. The van der Waals surface area contributed by atoms with E-state index in [1.54, 1.807) is 0 Å². The maximum Gasteiger partial charge on any atom is 0.0849 e. The Labute approximate surface area is 125 Å². The van der Waals surface area contributed by atoms with Crippen LogP contribution in [0, 0.1) is 5.92 Å². The van der Waals surface area contributed by atoms with Crippen molar-refractivity contribution < 1.29 is 0 Å². The summed E-state index contributed by atoms with van der Waals surface area (Å²) in [7, 11) is 0. The Morgan fingerprint density at radius 1 is 1.37 bits per heavy atom. The van der Waals surface area contributed by atoms with Gasteiger partial charge in [-0.3, -0.25) is 4.68 Å². The van der Waals surface area contributed by atoms with E-state index in [0.29, 0.717) is 12.0 Å². The molecule has 108 valence electrons. The first-order valence-electron chi connectivity index (χ1n) is 7.26. The Morgan fingerprint density at radius 2 is 2.16 bits per heavy atom. The van der Waals surface area contributed by atoms with Gasteiger partial charge in [0.2, 0.25) is 0 Å². The third-order valence-electron chi connectivity index (χ3n) is 3.81. The highest BCUT2D eigenvalue weighted by atomic mass is 35.5. The molecule has 2 heterocycles. The zero-order chi connectivity index (χ0) is 13.8. The first-order chi connectivity index (χ1) is 9.21. The van der Waals surface area contributed by atoms with Gasteiger partial charge in [0.15, 0.2) is 0 Å². The Hall–Kier alpha value is -0.190. The van der Waals surface area contributed by atoms with Gasteiger partial charge in [-0.05, 0) is 38.0 Å². The van der Waals surface area contributed by atoms with Gasteiger partial charge in [-0.15, -0.1) is 0 Å². The number of aryl methyl sites for hydroxylation is 2. The van der Waals surface area contributed by atoms with E-state index in [2.05, 4.69) is 35.9 Å². The van der Waals surface area contributed by atoms with Crippen LogP contribution in [0.15, 0.2) is 0 Å². The molecule has 0 radical (unpaired) electrons. The third kappa shape index (κ3) is 3.29. The Balaban J connectivity index is 2.15. The minimum absolute atomic E-state index is 0.622. The van der Waals surface area contributed by atoms with Gasteiger partial charge >= 0.3 is 0 Å². The second kappa shape index (κ2) is 7.00. The van der Waals surface area contributed by atoms with Crippen molar-refractivity contribution in [2.75, 3.05) is 18.1 Å². The van der Waals surface area contributed by atoms with Crippen molar-refractivity contribution in [1.82, 2.24) is 15.1 Å². The van der Waals surface area contributed by atoms with Crippen molar-refractivity contribution in [1.29, 1.82) is 0 Å². The van der Waals surface area contributed by atoms with E-state index < -0.39 is 0 Å². The lowest BCUT2D eigenvalue weighted by atomic mass is 9.97. The number of thioether (sulfide) groups is 1. The number of halogens is 1. The molecule has 2 rings (SSSR count). The molecule has 0 aliphatic carbocycles. The van der Waals surface area contributed by atoms with Crippen molar-refractivity contribution >= 4 is 23.4 Å². The summed E-state index contributed by atoms with van der Waals surface area (Å²) in [6.07, 6.45) is 1.96. The van der Waals surface area contributed by atoms with Crippen LogP contribution in [0.5, 0.6) is 0 Å². The van der Waals surface area contributed by atoms with E-state index in [4.69, 9.17) is 11.6 Å². The molecule has 0 saturated carbocycles. The lowest BCUT2D eigenvalue weighted by Crippen LogP contribution is -2.36. The highest BCUT2D eigenvalue weighted by molar-refractivity contribution is 7.99. The second-order valence-corrected chi connectivity index (χ2v) is 6.50. The van der Waals surface area contributed by atoms with Crippen LogP contribution in [0.3, 0.4) is 0 Å². The van der Waals surface area contributed by atoms with E-state index in [0.717, 1.165) is 36.6 Å². The molecule has 1 N–H and O–H groups in total. The molecule has 0 bridgehead atoms. The summed E-state index contributed by atoms with van der Waals surface area (Å²) in [6, 6.07) is 0.622. The molecule has 0 spiro atoms. The molecule has 2 atom stereocenters. The lowest BCUT2D eigenvalue weighted by Gasteiger charge is -2.20. The molecule has 19 heavy (non-hydrogen) atoms. The van der Waals surface area contributed by atoms with Crippen molar-refractivity contribution in [3.8, 4) is 0 Å². The van der Waals surface area contributed by atoms with Crippen molar-refractivity contribution in [2.45, 2.75) is 46.2 Å². The molecule has 0 amide bonds. The first-order valence-corrected chi connectivity index (χ1v) is 8.79. The molecule has 1 aromatic heterocycles. The van der Waals surface area contributed by atoms with Gasteiger partial charge in [0.05, 0.1) is 16.4 Å². The highest BCUT2D eigenvalue weighted by Gasteiger charge is 2.29. The highest BCUT2D eigenvalue weighted by Crippen LogP contribution is 2.31. The minimum atomic E-state index is 0.622. The second-order valence-electron chi connectivity index (χ2n) is 5.04. The predicted molar refractivity (Wildman–Crippen MR) is 84.3 cm³/mol.